The second-order valence-electron chi connectivity index (χ2n) is 4.94. The number of carbonyl (C=O) groups excluding carboxylic acids is 1. The molecule has 0 aliphatic carbocycles. The molecule has 3 aromatic rings. The zero-order chi connectivity index (χ0) is 16.2. The van der Waals surface area contributed by atoms with Crippen LogP contribution in [0.3, 0.4) is 0 Å². The smallest absolute Gasteiger partial charge is 0.275 e. The second kappa shape index (κ2) is 6.31. The summed E-state index contributed by atoms with van der Waals surface area (Å²) in [6, 6.07) is 14.6. The van der Waals surface area contributed by atoms with Crippen molar-refractivity contribution in [2.45, 2.75) is 0 Å². The van der Waals surface area contributed by atoms with Crippen LogP contribution >= 0.6 is 0 Å². The van der Waals surface area contributed by atoms with E-state index in [2.05, 4.69) is 15.4 Å². The van der Waals surface area contributed by atoms with Crippen molar-refractivity contribution >= 4 is 11.7 Å². The van der Waals surface area contributed by atoms with Crippen molar-refractivity contribution in [3.63, 3.8) is 0 Å². The van der Waals surface area contributed by atoms with Gasteiger partial charge in [-0.1, -0.05) is 6.07 Å². The van der Waals surface area contributed by atoms with E-state index in [4.69, 9.17) is 4.74 Å². The lowest BCUT2D eigenvalue weighted by Gasteiger charge is -2.03. The van der Waals surface area contributed by atoms with E-state index in [0.717, 1.165) is 17.0 Å². The van der Waals surface area contributed by atoms with Crippen molar-refractivity contribution in [2.24, 2.45) is 7.05 Å². The van der Waals surface area contributed by atoms with Crippen LogP contribution in [-0.4, -0.2) is 27.8 Å². The summed E-state index contributed by atoms with van der Waals surface area (Å²) in [5.74, 6) is 1.03. The molecule has 1 aromatic carbocycles. The van der Waals surface area contributed by atoms with E-state index in [1.54, 1.807) is 43.2 Å². The standard InChI is InChI=1S/C17H16N4O2/c1-21-15(17(22)19-16-5-3-4-10-18-16)11-14(20-21)12-6-8-13(23-2)9-7-12/h3-11H,1-2H3,(H,18,19,22). The average molecular weight is 308 g/mol. The van der Waals surface area contributed by atoms with Crippen LogP contribution in [-0.2, 0) is 7.05 Å². The Labute approximate surface area is 133 Å². The highest BCUT2D eigenvalue weighted by Gasteiger charge is 2.14. The molecule has 6 heteroatoms. The zero-order valence-corrected chi connectivity index (χ0v) is 12.9. The number of pyridine rings is 1. The van der Waals surface area contributed by atoms with Gasteiger partial charge in [0.15, 0.2) is 0 Å². The number of nitrogens with zero attached hydrogens (tertiary/aromatic N) is 3. The van der Waals surface area contributed by atoms with Crippen LogP contribution in [0.4, 0.5) is 5.82 Å². The van der Waals surface area contributed by atoms with E-state index in [-0.39, 0.29) is 5.91 Å². The van der Waals surface area contributed by atoms with Crippen LogP contribution in [0.15, 0.2) is 54.7 Å². The van der Waals surface area contributed by atoms with Gasteiger partial charge in [0, 0.05) is 18.8 Å². The van der Waals surface area contributed by atoms with Crippen LogP contribution in [0, 0.1) is 0 Å². The number of aromatic nitrogens is 3. The number of rotatable bonds is 4. The minimum atomic E-state index is -0.251. The second-order valence-corrected chi connectivity index (χ2v) is 4.94. The van der Waals surface area contributed by atoms with Crippen molar-refractivity contribution in [1.82, 2.24) is 14.8 Å². The first kappa shape index (κ1) is 14.8. The molecule has 0 aliphatic heterocycles. The molecule has 1 N–H and O–H groups in total. The molecule has 3 rings (SSSR count). The van der Waals surface area contributed by atoms with E-state index < -0.39 is 0 Å². The molecule has 0 unspecified atom stereocenters. The van der Waals surface area contributed by atoms with Gasteiger partial charge < -0.3 is 10.1 Å². The Morgan fingerprint density at radius 3 is 2.61 bits per heavy atom. The number of ether oxygens (including phenoxy) is 1. The van der Waals surface area contributed by atoms with Crippen molar-refractivity contribution in [2.75, 3.05) is 12.4 Å². The molecule has 0 saturated carbocycles. The van der Waals surface area contributed by atoms with Gasteiger partial charge in [-0.25, -0.2) is 4.98 Å². The molecule has 0 saturated heterocycles. The Morgan fingerprint density at radius 1 is 1.17 bits per heavy atom. The van der Waals surface area contributed by atoms with E-state index in [0.29, 0.717) is 11.5 Å². The molecule has 0 bridgehead atoms. The van der Waals surface area contributed by atoms with Gasteiger partial charge in [-0.3, -0.25) is 9.48 Å². The van der Waals surface area contributed by atoms with E-state index in [9.17, 15) is 4.79 Å². The number of nitrogens with one attached hydrogen (secondary N) is 1. The lowest BCUT2D eigenvalue weighted by atomic mass is 10.1. The highest BCUT2D eigenvalue weighted by molar-refractivity contribution is 6.03. The lowest BCUT2D eigenvalue weighted by Crippen LogP contribution is -2.16. The fourth-order valence-electron chi connectivity index (χ4n) is 2.20. The highest BCUT2D eigenvalue weighted by atomic mass is 16.5. The van der Waals surface area contributed by atoms with Crippen molar-refractivity contribution in [3.8, 4) is 17.0 Å². The summed E-state index contributed by atoms with van der Waals surface area (Å²) >= 11 is 0. The van der Waals surface area contributed by atoms with E-state index in [1.807, 2.05) is 30.3 Å². The summed E-state index contributed by atoms with van der Waals surface area (Å²) in [5, 5.41) is 7.14. The van der Waals surface area contributed by atoms with Crippen LogP contribution in [0.25, 0.3) is 11.3 Å². The van der Waals surface area contributed by atoms with Gasteiger partial charge in [0.1, 0.15) is 17.3 Å². The minimum Gasteiger partial charge on any atom is -0.497 e. The summed E-state index contributed by atoms with van der Waals surface area (Å²) in [6.45, 7) is 0. The Morgan fingerprint density at radius 2 is 1.96 bits per heavy atom. The van der Waals surface area contributed by atoms with Gasteiger partial charge in [-0.15, -0.1) is 0 Å². The molecule has 0 aliphatic rings. The third-order valence-electron chi connectivity index (χ3n) is 3.40. The fourth-order valence-corrected chi connectivity index (χ4v) is 2.20. The maximum atomic E-state index is 12.3. The topological polar surface area (TPSA) is 69.0 Å². The van der Waals surface area contributed by atoms with E-state index in [1.165, 1.54) is 0 Å². The van der Waals surface area contributed by atoms with Gasteiger partial charge in [0.25, 0.3) is 5.91 Å². The summed E-state index contributed by atoms with van der Waals surface area (Å²) in [6.07, 6.45) is 1.63. The number of hydrogen-bond donors (Lipinski definition) is 1. The average Bonchev–Trinajstić information content (AvgIpc) is 2.98. The number of benzene rings is 1. The number of aryl methyl sites for hydroxylation is 1. The SMILES string of the molecule is COc1ccc(-c2cc(C(=O)Nc3ccccn3)n(C)n2)cc1. The number of carbonyl (C=O) groups is 1. The normalized spacial score (nSPS) is 10.3. The van der Waals surface area contributed by atoms with Gasteiger partial charge >= 0.3 is 0 Å². The lowest BCUT2D eigenvalue weighted by molar-refractivity contribution is 0.101. The predicted molar refractivity (Wildman–Crippen MR) is 87.4 cm³/mol. The molecular weight excluding hydrogens is 292 g/mol. The molecule has 0 spiro atoms. The van der Waals surface area contributed by atoms with Crippen LogP contribution < -0.4 is 10.1 Å². The fraction of sp³-hybridized carbons (Fsp3) is 0.118. The minimum absolute atomic E-state index is 0.251. The molecule has 1 amide bonds. The molecule has 116 valence electrons. The zero-order valence-electron chi connectivity index (χ0n) is 12.9. The van der Waals surface area contributed by atoms with Crippen LogP contribution in [0.1, 0.15) is 10.5 Å². The van der Waals surface area contributed by atoms with Crippen molar-refractivity contribution < 1.29 is 9.53 Å². The van der Waals surface area contributed by atoms with Gasteiger partial charge in [0.05, 0.1) is 12.8 Å². The Bertz CT molecular complexity index is 810. The molecule has 2 heterocycles. The number of methoxy groups -OCH3 is 1. The van der Waals surface area contributed by atoms with Crippen LogP contribution in [0.5, 0.6) is 5.75 Å². The molecule has 6 nitrogen and oxygen atoms in total. The monoisotopic (exact) mass is 308 g/mol. The highest BCUT2D eigenvalue weighted by Crippen LogP contribution is 2.22. The largest absolute Gasteiger partial charge is 0.497 e. The van der Waals surface area contributed by atoms with E-state index >= 15 is 0 Å². The third-order valence-corrected chi connectivity index (χ3v) is 3.40. The number of hydrogen-bond acceptors (Lipinski definition) is 4. The predicted octanol–water partition coefficient (Wildman–Crippen LogP) is 2.74. The number of anilines is 1. The Hall–Kier alpha value is -3.15. The maximum absolute atomic E-state index is 12.3. The maximum Gasteiger partial charge on any atom is 0.275 e. The summed E-state index contributed by atoms with van der Waals surface area (Å²) in [5.41, 5.74) is 2.10. The Balaban J connectivity index is 1.84. The molecular formula is C17H16N4O2. The quantitative estimate of drug-likeness (QED) is 0.804. The summed E-state index contributed by atoms with van der Waals surface area (Å²) in [4.78, 5) is 16.4. The molecule has 2 aromatic heterocycles. The summed E-state index contributed by atoms with van der Waals surface area (Å²) < 4.78 is 6.70. The van der Waals surface area contributed by atoms with Crippen LogP contribution in [0.2, 0.25) is 0 Å². The van der Waals surface area contributed by atoms with Gasteiger partial charge in [-0.05, 0) is 42.5 Å². The first-order valence-corrected chi connectivity index (χ1v) is 7.08. The first-order valence-electron chi connectivity index (χ1n) is 7.08. The molecule has 0 radical (unpaired) electrons. The molecule has 0 fully saturated rings. The number of amides is 1. The summed E-state index contributed by atoms with van der Waals surface area (Å²) in [7, 11) is 3.36. The van der Waals surface area contributed by atoms with Crippen molar-refractivity contribution in [3.05, 3.63) is 60.4 Å². The molecule has 0 atom stereocenters. The first-order chi connectivity index (χ1) is 11.2. The van der Waals surface area contributed by atoms with Crippen molar-refractivity contribution in [1.29, 1.82) is 0 Å². The van der Waals surface area contributed by atoms with Gasteiger partial charge in [-0.2, -0.15) is 5.10 Å². The molecule has 23 heavy (non-hydrogen) atoms. The van der Waals surface area contributed by atoms with Gasteiger partial charge in [0.2, 0.25) is 0 Å². The third kappa shape index (κ3) is 3.21. The Kier molecular flexibility index (Phi) is 4.05.